The van der Waals surface area contributed by atoms with E-state index in [-0.39, 0.29) is 17.7 Å². The van der Waals surface area contributed by atoms with Crippen molar-refractivity contribution >= 4 is 5.91 Å². The lowest BCUT2D eigenvalue weighted by atomic mass is 9.56. The van der Waals surface area contributed by atoms with E-state index >= 15 is 0 Å². The van der Waals surface area contributed by atoms with Crippen molar-refractivity contribution < 1.29 is 24.0 Å². The highest BCUT2D eigenvalue weighted by Gasteiger charge is 2.71. The van der Waals surface area contributed by atoms with Gasteiger partial charge in [0.05, 0.1) is 0 Å². The van der Waals surface area contributed by atoms with Crippen molar-refractivity contribution in [3.63, 3.8) is 0 Å². The van der Waals surface area contributed by atoms with Gasteiger partial charge in [0.2, 0.25) is 11.7 Å². The Morgan fingerprint density at radius 3 is 2.50 bits per heavy atom. The fourth-order valence-corrected chi connectivity index (χ4v) is 5.59. The molecule has 0 aromatic heterocycles. The number of ether oxygens (including phenoxy) is 2. The first-order chi connectivity index (χ1) is 11.2. The first kappa shape index (κ1) is 16.8. The highest BCUT2D eigenvalue weighted by molar-refractivity contribution is 5.73. The number of carbonyl (C=O) groups is 1. The summed E-state index contributed by atoms with van der Waals surface area (Å²) in [6.45, 7) is 9.82. The van der Waals surface area contributed by atoms with Crippen LogP contribution in [-0.2, 0) is 24.0 Å². The minimum absolute atomic E-state index is 0.0943. The third-order valence-corrected chi connectivity index (χ3v) is 7.02. The van der Waals surface area contributed by atoms with Gasteiger partial charge in [0.1, 0.15) is 5.72 Å². The number of amides is 1. The van der Waals surface area contributed by atoms with Crippen molar-refractivity contribution in [3.8, 4) is 0 Å². The average Bonchev–Trinajstić information content (AvgIpc) is 2.70. The van der Waals surface area contributed by atoms with Crippen molar-refractivity contribution in [2.24, 2.45) is 23.7 Å². The summed E-state index contributed by atoms with van der Waals surface area (Å²) < 4.78 is 12.7. The standard InChI is InChI=1S/C18H29NO5/c1-10-6-7-14-11(2)17(5,19-12(3)20)22-15-18(14)13(10)8-9-16(4,21-15)23-24-18/h10-11,13-15H,6-9H2,1-5H3,(H,19,20)/t10-,11-,13?,14+,15+,16+,17+,18-/m1/s1. The summed E-state index contributed by atoms with van der Waals surface area (Å²) in [7, 11) is 0. The number of carbonyl (C=O) groups excluding carboxylic acids is 1. The summed E-state index contributed by atoms with van der Waals surface area (Å²) in [5, 5.41) is 3.01. The number of hydrogen-bond donors (Lipinski definition) is 1. The predicted octanol–water partition coefficient (Wildman–Crippen LogP) is 2.72. The lowest BCUT2D eigenvalue weighted by molar-refractivity contribution is -0.576. The first-order valence-electron chi connectivity index (χ1n) is 9.21. The Hall–Kier alpha value is -0.690. The van der Waals surface area contributed by atoms with Crippen LogP contribution in [0.5, 0.6) is 0 Å². The fraction of sp³-hybridized carbons (Fsp3) is 0.944. The van der Waals surface area contributed by atoms with E-state index < -0.39 is 23.4 Å². The topological polar surface area (TPSA) is 66.0 Å². The summed E-state index contributed by atoms with van der Waals surface area (Å²) in [5.74, 6) is 0.324. The summed E-state index contributed by atoms with van der Waals surface area (Å²) in [5.41, 5.74) is -1.34. The van der Waals surface area contributed by atoms with Crippen LogP contribution in [0.25, 0.3) is 0 Å². The van der Waals surface area contributed by atoms with E-state index in [1.807, 2.05) is 13.8 Å². The molecule has 2 bridgehead atoms. The summed E-state index contributed by atoms with van der Waals surface area (Å²) in [6.07, 6.45) is 3.46. The van der Waals surface area contributed by atoms with Crippen molar-refractivity contribution in [1.29, 1.82) is 0 Å². The van der Waals surface area contributed by atoms with E-state index in [4.69, 9.17) is 19.2 Å². The van der Waals surface area contributed by atoms with Crippen LogP contribution in [0.3, 0.4) is 0 Å². The van der Waals surface area contributed by atoms with Crippen molar-refractivity contribution in [2.75, 3.05) is 0 Å². The van der Waals surface area contributed by atoms with Crippen LogP contribution in [0.15, 0.2) is 0 Å². The number of nitrogens with one attached hydrogen (secondary N) is 1. The summed E-state index contributed by atoms with van der Waals surface area (Å²) in [4.78, 5) is 23.6. The molecule has 1 saturated carbocycles. The molecule has 24 heavy (non-hydrogen) atoms. The van der Waals surface area contributed by atoms with E-state index in [1.165, 1.54) is 6.92 Å². The van der Waals surface area contributed by atoms with Crippen LogP contribution in [0.2, 0.25) is 0 Å². The molecule has 0 aromatic carbocycles. The zero-order valence-corrected chi connectivity index (χ0v) is 15.3. The smallest absolute Gasteiger partial charge is 0.219 e. The van der Waals surface area contributed by atoms with Gasteiger partial charge in [-0.3, -0.25) is 4.79 Å². The molecule has 6 nitrogen and oxygen atoms in total. The molecule has 1 amide bonds. The lowest BCUT2D eigenvalue weighted by Crippen LogP contribution is -2.75. The molecule has 1 N–H and O–H groups in total. The maximum atomic E-state index is 11.7. The maximum absolute atomic E-state index is 11.7. The SMILES string of the molecule is CC(=O)N[C@@]1(C)O[C@@H]2O[C@]3(C)CCC4[C@H](C)CC[C@@H]([C@H]1C)[C@]42OO3. The molecule has 5 fully saturated rings. The molecule has 8 atom stereocenters. The van der Waals surface area contributed by atoms with Crippen LogP contribution in [-0.4, -0.2) is 29.3 Å². The third kappa shape index (κ3) is 2.13. The molecule has 4 aliphatic heterocycles. The minimum Gasteiger partial charge on any atom is -0.328 e. The normalized spacial score (nSPS) is 56.3. The highest BCUT2D eigenvalue weighted by Crippen LogP contribution is 2.61. The van der Waals surface area contributed by atoms with Crippen LogP contribution >= 0.6 is 0 Å². The van der Waals surface area contributed by atoms with Gasteiger partial charge in [0.15, 0.2) is 11.9 Å². The molecule has 1 aliphatic carbocycles. The average molecular weight is 339 g/mol. The Kier molecular flexibility index (Phi) is 3.60. The van der Waals surface area contributed by atoms with Gasteiger partial charge in [0, 0.05) is 25.2 Å². The molecule has 1 unspecified atom stereocenters. The number of hydrogen-bond acceptors (Lipinski definition) is 5. The Bertz CT molecular complexity index is 556. The van der Waals surface area contributed by atoms with E-state index in [0.717, 1.165) is 25.7 Å². The van der Waals surface area contributed by atoms with Gasteiger partial charge in [-0.25, -0.2) is 9.78 Å². The van der Waals surface area contributed by atoms with Crippen molar-refractivity contribution in [2.45, 2.75) is 83.7 Å². The summed E-state index contributed by atoms with van der Waals surface area (Å²) in [6, 6.07) is 0. The molecule has 4 heterocycles. The minimum atomic E-state index is -0.783. The van der Waals surface area contributed by atoms with Gasteiger partial charge >= 0.3 is 0 Å². The molecule has 5 aliphatic rings. The van der Waals surface area contributed by atoms with Gasteiger partial charge in [-0.05, 0) is 44.9 Å². The van der Waals surface area contributed by atoms with Gasteiger partial charge in [-0.1, -0.05) is 13.8 Å². The van der Waals surface area contributed by atoms with E-state index in [1.54, 1.807) is 0 Å². The van der Waals surface area contributed by atoms with Crippen LogP contribution in [0.1, 0.15) is 60.3 Å². The molecule has 0 aromatic rings. The molecule has 136 valence electrons. The second-order valence-corrected chi connectivity index (χ2v) is 8.60. The van der Waals surface area contributed by atoms with Crippen LogP contribution < -0.4 is 5.32 Å². The van der Waals surface area contributed by atoms with Crippen molar-refractivity contribution in [1.82, 2.24) is 5.32 Å². The second-order valence-electron chi connectivity index (χ2n) is 8.60. The van der Waals surface area contributed by atoms with E-state index in [9.17, 15) is 4.79 Å². The molecule has 5 rings (SSSR count). The van der Waals surface area contributed by atoms with Crippen LogP contribution in [0, 0.1) is 23.7 Å². The number of rotatable bonds is 1. The second kappa shape index (κ2) is 5.16. The molecule has 4 saturated heterocycles. The Labute approximate surface area is 143 Å². The molecular formula is C18H29NO5. The predicted molar refractivity (Wildman–Crippen MR) is 85.3 cm³/mol. The van der Waals surface area contributed by atoms with Crippen LogP contribution in [0.4, 0.5) is 0 Å². The highest BCUT2D eigenvalue weighted by atomic mass is 17.3. The zero-order chi connectivity index (χ0) is 17.3. The zero-order valence-electron chi connectivity index (χ0n) is 15.3. The van der Waals surface area contributed by atoms with Crippen molar-refractivity contribution in [3.05, 3.63) is 0 Å². The Balaban J connectivity index is 1.79. The largest absolute Gasteiger partial charge is 0.328 e. The first-order valence-corrected chi connectivity index (χ1v) is 9.21. The van der Waals surface area contributed by atoms with E-state index in [2.05, 4.69) is 19.2 Å². The Morgan fingerprint density at radius 1 is 1.04 bits per heavy atom. The maximum Gasteiger partial charge on any atom is 0.219 e. The van der Waals surface area contributed by atoms with E-state index in [0.29, 0.717) is 11.8 Å². The fourth-order valence-electron chi connectivity index (χ4n) is 5.59. The third-order valence-electron chi connectivity index (χ3n) is 7.02. The van der Waals surface area contributed by atoms with Gasteiger partial charge < -0.3 is 14.8 Å². The quantitative estimate of drug-likeness (QED) is 0.744. The van der Waals surface area contributed by atoms with Gasteiger partial charge in [-0.15, -0.1) is 0 Å². The summed E-state index contributed by atoms with van der Waals surface area (Å²) >= 11 is 0. The lowest BCUT2D eigenvalue weighted by Gasteiger charge is -2.62. The Morgan fingerprint density at radius 2 is 1.79 bits per heavy atom. The molecule has 6 heteroatoms. The molecular weight excluding hydrogens is 310 g/mol. The number of fused-ring (bicyclic) bond motifs is 2. The van der Waals surface area contributed by atoms with Gasteiger partial charge in [-0.2, -0.15) is 0 Å². The monoisotopic (exact) mass is 339 g/mol. The molecule has 0 radical (unpaired) electrons. The molecule has 1 spiro atoms. The van der Waals surface area contributed by atoms with Gasteiger partial charge in [0.25, 0.3) is 0 Å².